The molecule has 0 saturated heterocycles. The maximum atomic E-state index is 11.0. The SMILES string of the molecule is CC(C)NCc1cccc(-n2cc(C(N)=O)cn2)c1. The summed E-state index contributed by atoms with van der Waals surface area (Å²) in [4.78, 5) is 11.0. The Morgan fingerprint density at radius 1 is 1.47 bits per heavy atom. The van der Waals surface area contributed by atoms with Crippen LogP contribution in [-0.4, -0.2) is 21.7 Å². The molecule has 0 aliphatic heterocycles. The molecule has 0 bridgehead atoms. The molecule has 100 valence electrons. The van der Waals surface area contributed by atoms with E-state index in [1.807, 2.05) is 18.2 Å². The number of carbonyl (C=O) groups excluding carboxylic acids is 1. The van der Waals surface area contributed by atoms with Crippen LogP contribution in [0, 0.1) is 0 Å². The van der Waals surface area contributed by atoms with Crippen molar-refractivity contribution in [2.24, 2.45) is 5.73 Å². The Morgan fingerprint density at radius 2 is 2.26 bits per heavy atom. The number of nitrogens with two attached hydrogens (primary N) is 1. The minimum atomic E-state index is -0.469. The molecule has 1 aromatic heterocycles. The van der Waals surface area contributed by atoms with Crippen LogP contribution in [0.1, 0.15) is 29.8 Å². The fourth-order valence-electron chi connectivity index (χ4n) is 1.72. The lowest BCUT2D eigenvalue weighted by Gasteiger charge is -2.09. The van der Waals surface area contributed by atoms with E-state index in [2.05, 4.69) is 30.3 Å². The van der Waals surface area contributed by atoms with Crippen molar-refractivity contribution in [1.82, 2.24) is 15.1 Å². The van der Waals surface area contributed by atoms with Gasteiger partial charge in [0.05, 0.1) is 17.4 Å². The predicted octanol–water partition coefficient (Wildman–Crippen LogP) is 1.47. The smallest absolute Gasteiger partial charge is 0.251 e. The summed E-state index contributed by atoms with van der Waals surface area (Å²) >= 11 is 0. The van der Waals surface area contributed by atoms with Crippen LogP contribution in [0.2, 0.25) is 0 Å². The molecule has 0 spiro atoms. The molecule has 0 unspecified atom stereocenters. The zero-order valence-electron chi connectivity index (χ0n) is 11.1. The highest BCUT2D eigenvalue weighted by atomic mass is 16.1. The molecule has 0 aliphatic carbocycles. The summed E-state index contributed by atoms with van der Waals surface area (Å²) in [6, 6.07) is 8.44. The van der Waals surface area contributed by atoms with Crippen LogP contribution in [0.4, 0.5) is 0 Å². The molecular weight excluding hydrogens is 240 g/mol. The summed E-state index contributed by atoms with van der Waals surface area (Å²) in [7, 11) is 0. The van der Waals surface area contributed by atoms with Crippen LogP contribution in [0.3, 0.4) is 0 Å². The van der Waals surface area contributed by atoms with Gasteiger partial charge >= 0.3 is 0 Å². The molecule has 5 nitrogen and oxygen atoms in total. The van der Waals surface area contributed by atoms with Gasteiger partial charge < -0.3 is 11.1 Å². The Balaban J connectivity index is 2.19. The van der Waals surface area contributed by atoms with Crippen molar-refractivity contribution in [2.45, 2.75) is 26.4 Å². The van der Waals surface area contributed by atoms with Crippen molar-refractivity contribution >= 4 is 5.91 Å². The van der Waals surface area contributed by atoms with Crippen LogP contribution in [0.25, 0.3) is 5.69 Å². The summed E-state index contributed by atoms with van der Waals surface area (Å²) < 4.78 is 1.65. The molecule has 2 rings (SSSR count). The van der Waals surface area contributed by atoms with Crippen LogP contribution in [0.15, 0.2) is 36.7 Å². The summed E-state index contributed by atoms with van der Waals surface area (Å²) in [5, 5.41) is 7.50. The standard InChI is InChI=1S/C14H18N4O/c1-10(2)16-7-11-4-3-5-13(6-11)18-9-12(8-17-18)14(15)19/h3-6,8-10,16H,7H2,1-2H3,(H2,15,19). The molecule has 3 N–H and O–H groups in total. The third kappa shape index (κ3) is 3.42. The highest BCUT2D eigenvalue weighted by Crippen LogP contribution is 2.11. The fraction of sp³-hybridized carbons (Fsp3) is 0.286. The second-order valence-corrected chi connectivity index (χ2v) is 4.74. The number of primary amides is 1. The van der Waals surface area contributed by atoms with Gasteiger partial charge in [0.1, 0.15) is 0 Å². The Bertz CT molecular complexity index is 574. The van der Waals surface area contributed by atoms with E-state index in [1.54, 1.807) is 10.9 Å². The van der Waals surface area contributed by atoms with E-state index in [9.17, 15) is 4.79 Å². The number of nitrogens with zero attached hydrogens (tertiary/aromatic N) is 2. The van der Waals surface area contributed by atoms with E-state index in [0.29, 0.717) is 11.6 Å². The second kappa shape index (κ2) is 5.67. The molecule has 5 heteroatoms. The maximum absolute atomic E-state index is 11.0. The highest BCUT2D eigenvalue weighted by molar-refractivity contribution is 5.92. The zero-order valence-corrected chi connectivity index (χ0v) is 11.1. The van der Waals surface area contributed by atoms with E-state index in [4.69, 9.17) is 5.73 Å². The van der Waals surface area contributed by atoms with Crippen LogP contribution >= 0.6 is 0 Å². The van der Waals surface area contributed by atoms with E-state index >= 15 is 0 Å². The zero-order chi connectivity index (χ0) is 13.8. The van der Waals surface area contributed by atoms with Crippen LogP contribution in [0.5, 0.6) is 0 Å². The van der Waals surface area contributed by atoms with E-state index in [-0.39, 0.29) is 0 Å². The number of aromatic nitrogens is 2. The number of nitrogens with one attached hydrogen (secondary N) is 1. The topological polar surface area (TPSA) is 72.9 Å². The van der Waals surface area contributed by atoms with Crippen molar-refractivity contribution in [1.29, 1.82) is 0 Å². The van der Waals surface area contributed by atoms with Crippen molar-refractivity contribution in [3.63, 3.8) is 0 Å². The van der Waals surface area contributed by atoms with E-state index in [0.717, 1.165) is 12.2 Å². The largest absolute Gasteiger partial charge is 0.366 e. The normalized spacial score (nSPS) is 10.9. The molecule has 0 aliphatic rings. The van der Waals surface area contributed by atoms with Gasteiger partial charge in [0.25, 0.3) is 5.91 Å². The Morgan fingerprint density at radius 3 is 2.89 bits per heavy atom. The van der Waals surface area contributed by atoms with Gasteiger partial charge in [0, 0.05) is 18.8 Å². The van der Waals surface area contributed by atoms with Gasteiger partial charge in [-0.15, -0.1) is 0 Å². The molecule has 1 heterocycles. The first kappa shape index (κ1) is 13.3. The number of carbonyl (C=O) groups is 1. The lowest BCUT2D eigenvalue weighted by molar-refractivity contribution is 0.100. The quantitative estimate of drug-likeness (QED) is 0.853. The van der Waals surface area contributed by atoms with Gasteiger partial charge in [-0.2, -0.15) is 5.10 Å². The van der Waals surface area contributed by atoms with Crippen molar-refractivity contribution < 1.29 is 4.79 Å². The second-order valence-electron chi connectivity index (χ2n) is 4.74. The molecule has 0 radical (unpaired) electrons. The van der Waals surface area contributed by atoms with Crippen molar-refractivity contribution in [3.05, 3.63) is 47.8 Å². The molecule has 2 aromatic rings. The van der Waals surface area contributed by atoms with E-state index in [1.165, 1.54) is 11.8 Å². The predicted molar refractivity (Wildman–Crippen MR) is 74.1 cm³/mol. The maximum Gasteiger partial charge on any atom is 0.251 e. The number of benzene rings is 1. The van der Waals surface area contributed by atoms with Gasteiger partial charge in [0.15, 0.2) is 0 Å². The van der Waals surface area contributed by atoms with Crippen molar-refractivity contribution in [2.75, 3.05) is 0 Å². The average Bonchev–Trinajstić information content (AvgIpc) is 2.86. The molecule has 19 heavy (non-hydrogen) atoms. The molecule has 1 amide bonds. The molecule has 0 fully saturated rings. The first-order valence-electron chi connectivity index (χ1n) is 6.23. The summed E-state index contributed by atoms with van der Waals surface area (Å²) in [5.41, 5.74) is 7.70. The van der Waals surface area contributed by atoms with E-state index < -0.39 is 5.91 Å². The lowest BCUT2D eigenvalue weighted by atomic mass is 10.2. The third-order valence-corrected chi connectivity index (χ3v) is 2.76. The van der Waals surface area contributed by atoms with Crippen LogP contribution in [-0.2, 0) is 6.54 Å². The number of amides is 1. The Kier molecular flexibility index (Phi) is 3.97. The Labute approximate surface area is 112 Å². The number of rotatable bonds is 5. The monoisotopic (exact) mass is 258 g/mol. The van der Waals surface area contributed by atoms with Gasteiger partial charge in [-0.05, 0) is 17.7 Å². The summed E-state index contributed by atoms with van der Waals surface area (Å²) in [6.45, 7) is 5.02. The highest BCUT2D eigenvalue weighted by Gasteiger charge is 2.06. The average molecular weight is 258 g/mol. The van der Waals surface area contributed by atoms with Gasteiger partial charge in [-0.1, -0.05) is 26.0 Å². The summed E-state index contributed by atoms with van der Waals surface area (Å²) in [5.74, 6) is -0.469. The molecular formula is C14H18N4O. The van der Waals surface area contributed by atoms with Crippen molar-refractivity contribution in [3.8, 4) is 5.69 Å². The van der Waals surface area contributed by atoms with Crippen LogP contribution < -0.4 is 11.1 Å². The molecule has 0 atom stereocenters. The minimum absolute atomic E-state index is 0.408. The van der Waals surface area contributed by atoms with Gasteiger partial charge in [-0.3, -0.25) is 4.79 Å². The third-order valence-electron chi connectivity index (χ3n) is 2.76. The lowest BCUT2D eigenvalue weighted by Crippen LogP contribution is -2.21. The Hall–Kier alpha value is -2.14. The molecule has 0 saturated carbocycles. The van der Waals surface area contributed by atoms with Gasteiger partial charge in [0.2, 0.25) is 0 Å². The first-order valence-corrected chi connectivity index (χ1v) is 6.23. The number of hydrogen-bond acceptors (Lipinski definition) is 3. The molecule has 1 aromatic carbocycles. The first-order chi connectivity index (χ1) is 9.06. The summed E-state index contributed by atoms with van der Waals surface area (Å²) in [6.07, 6.45) is 3.11. The minimum Gasteiger partial charge on any atom is -0.366 e. The van der Waals surface area contributed by atoms with Gasteiger partial charge in [-0.25, -0.2) is 4.68 Å². The fourth-order valence-corrected chi connectivity index (χ4v) is 1.72. The number of hydrogen-bond donors (Lipinski definition) is 2.